The molecule has 2 rings (SSSR count). The molecular weight excluding hydrogens is 214 g/mol. The van der Waals surface area contributed by atoms with E-state index in [1.54, 1.807) is 0 Å². The van der Waals surface area contributed by atoms with Crippen LogP contribution in [-0.2, 0) is 9.53 Å². The Morgan fingerprint density at radius 1 is 1.18 bits per heavy atom. The molecule has 0 aliphatic carbocycles. The molecular formula is C14H15NO2. The van der Waals surface area contributed by atoms with Gasteiger partial charge in [0.25, 0.3) is 0 Å². The summed E-state index contributed by atoms with van der Waals surface area (Å²) in [6, 6.07) is 12.3. The lowest BCUT2D eigenvalue weighted by molar-refractivity contribution is -0.138. The van der Waals surface area contributed by atoms with Crippen LogP contribution in [0.1, 0.15) is 5.56 Å². The Bertz CT molecular complexity index is 549. The molecule has 2 aromatic rings. The highest BCUT2D eigenvalue weighted by atomic mass is 16.5. The molecule has 0 aromatic heterocycles. The number of hydrogen-bond donors (Lipinski definition) is 1. The molecule has 0 radical (unpaired) electrons. The van der Waals surface area contributed by atoms with Crippen LogP contribution in [-0.4, -0.2) is 19.6 Å². The smallest absolute Gasteiger partial charge is 0.325 e. The van der Waals surface area contributed by atoms with E-state index in [1.807, 2.05) is 18.2 Å². The van der Waals surface area contributed by atoms with E-state index in [0.717, 1.165) is 5.69 Å². The van der Waals surface area contributed by atoms with Crippen molar-refractivity contribution >= 4 is 22.4 Å². The second-order valence-corrected chi connectivity index (χ2v) is 4.00. The van der Waals surface area contributed by atoms with Gasteiger partial charge in [0, 0.05) is 5.69 Å². The number of methoxy groups -OCH3 is 1. The number of nitrogens with one attached hydrogen (secondary N) is 1. The van der Waals surface area contributed by atoms with Gasteiger partial charge in [0.05, 0.1) is 7.11 Å². The number of esters is 1. The molecule has 0 amide bonds. The first kappa shape index (κ1) is 11.5. The Labute approximate surface area is 100 Å². The van der Waals surface area contributed by atoms with Crippen LogP contribution in [0.3, 0.4) is 0 Å². The zero-order valence-corrected chi connectivity index (χ0v) is 9.99. The highest BCUT2D eigenvalue weighted by Crippen LogP contribution is 2.20. The molecule has 0 bridgehead atoms. The first-order valence-electron chi connectivity index (χ1n) is 5.50. The topological polar surface area (TPSA) is 38.3 Å². The Hall–Kier alpha value is -2.03. The number of carbonyl (C=O) groups excluding carboxylic acids is 1. The van der Waals surface area contributed by atoms with E-state index < -0.39 is 0 Å². The van der Waals surface area contributed by atoms with Gasteiger partial charge in [-0.05, 0) is 29.8 Å². The summed E-state index contributed by atoms with van der Waals surface area (Å²) in [6.45, 7) is 2.25. The monoisotopic (exact) mass is 229 g/mol. The third kappa shape index (κ3) is 2.75. The summed E-state index contributed by atoms with van der Waals surface area (Å²) in [6.07, 6.45) is 0. The summed E-state index contributed by atoms with van der Waals surface area (Å²) >= 11 is 0. The highest BCUT2D eigenvalue weighted by Gasteiger charge is 2.00. The van der Waals surface area contributed by atoms with Crippen LogP contribution in [0, 0.1) is 6.92 Å². The van der Waals surface area contributed by atoms with Crippen molar-refractivity contribution in [3.8, 4) is 0 Å². The van der Waals surface area contributed by atoms with Crippen LogP contribution < -0.4 is 5.32 Å². The number of aryl methyl sites for hydroxylation is 1. The van der Waals surface area contributed by atoms with E-state index in [-0.39, 0.29) is 12.5 Å². The van der Waals surface area contributed by atoms with Gasteiger partial charge in [0.1, 0.15) is 6.54 Å². The predicted octanol–water partition coefficient (Wildman–Crippen LogP) is 2.73. The second-order valence-electron chi connectivity index (χ2n) is 4.00. The number of fused-ring (bicyclic) bond motifs is 1. The number of benzene rings is 2. The summed E-state index contributed by atoms with van der Waals surface area (Å²) < 4.78 is 4.58. The van der Waals surface area contributed by atoms with Crippen molar-refractivity contribution in [2.45, 2.75) is 6.92 Å². The van der Waals surface area contributed by atoms with Crippen molar-refractivity contribution in [3.05, 3.63) is 42.0 Å². The Morgan fingerprint density at radius 2 is 1.94 bits per heavy atom. The Balaban J connectivity index is 2.22. The summed E-state index contributed by atoms with van der Waals surface area (Å²) in [4.78, 5) is 11.0. The molecule has 0 unspecified atom stereocenters. The SMILES string of the molecule is COC(=O)CNc1ccc2ccc(C)cc2c1. The zero-order chi connectivity index (χ0) is 12.3. The fourth-order valence-electron chi connectivity index (χ4n) is 1.72. The maximum atomic E-state index is 11.0. The van der Waals surface area contributed by atoms with E-state index >= 15 is 0 Å². The van der Waals surface area contributed by atoms with E-state index in [9.17, 15) is 4.79 Å². The first-order chi connectivity index (χ1) is 8.19. The number of rotatable bonds is 3. The minimum absolute atomic E-state index is 0.188. The lowest BCUT2D eigenvalue weighted by Gasteiger charge is -2.06. The standard InChI is InChI=1S/C14H15NO2/c1-10-3-4-11-5-6-13(8-12(11)7-10)15-9-14(16)17-2/h3-8,15H,9H2,1-2H3. The molecule has 2 aromatic carbocycles. The first-order valence-corrected chi connectivity index (χ1v) is 5.50. The van der Waals surface area contributed by atoms with Gasteiger partial charge < -0.3 is 10.1 Å². The van der Waals surface area contributed by atoms with Crippen molar-refractivity contribution in [1.82, 2.24) is 0 Å². The second kappa shape index (κ2) is 4.87. The van der Waals surface area contributed by atoms with Crippen LogP contribution in [0.15, 0.2) is 36.4 Å². The predicted molar refractivity (Wildman–Crippen MR) is 69.2 cm³/mol. The van der Waals surface area contributed by atoms with Crippen molar-refractivity contribution in [1.29, 1.82) is 0 Å². The van der Waals surface area contributed by atoms with Crippen molar-refractivity contribution in [3.63, 3.8) is 0 Å². The minimum Gasteiger partial charge on any atom is -0.468 e. The lowest BCUT2D eigenvalue weighted by atomic mass is 10.1. The van der Waals surface area contributed by atoms with Gasteiger partial charge in [-0.1, -0.05) is 29.8 Å². The van der Waals surface area contributed by atoms with E-state index in [0.29, 0.717) is 0 Å². The van der Waals surface area contributed by atoms with Crippen molar-refractivity contribution in [2.24, 2.45) is 0 Å². The van der Waals surface area contributed by atoms with E-state index in [4.69, 9.17) is 0 Å². The molecule has 17 heavy (non-hydrogen) atoms. The molecule has 0 aliphatic heterocycles. The summed E-state index contributed by atoms with van der Waals surface area (Å²) in [7, 11) is 1.38. The van der Waals surface area contributed by atoms with Gasteiger partial charge in [-0.3, -0.25) is 4.79 Å². The fraction of sp³-hybridized carbons (Fsp3) is 0.214. The fourth-order valence-corrected chi connectivity index (χ4v) is 1.72. The lowest BCUT2D eigenvalue weighted by Crippen LogP contribution is -2.14. The quantitative estimate of drug-likeness (QED) is 0.822. The van der Waals surface area contributed by atoms with Gasteiger partial charge in [-0.15, -0.1) is 0 Å². The van der Waals surface area contributed by atoms with Gasteiger partial charge in [-0.25, -0.2) is 0 Å². The van der Waals surface area contributed by atoms with E-state index in [1.165, 1.54) is 23.4 Å². The van der Waals surface area contributed by atoms with Crippen LogP contribution in [0.4, 0.5) is 5.69 Å². The molecule has 0 atom stereocenters. The number of ether oxygens (including phenoxy) is 1. The maximum Gasteiger partial charge on any atom is 0.325 e. The van der Waals surface area contributed by atoms with Gasteiger partial charge in [-0.2, -0.15) is 0 Å². The molecule has 0 saturated heterocycles. The third-order valence-electron chi connectivity index (χ3n) is 2.66. The molecule has 3 nitrogen and oxygen atoms in total. The average molecular weight is 229 g/mol. The van der Waals surface area contributed by atoms with Crippen molar-refractivity contribution < 1.29 is 9.53 Å². The van der Waals surface area contributed by atoms with Crippen LogP contribution in [0.5, 0.6) is 0 Å². The Morgan fingerprint density at radius 3 is 2.71 bits per heavy atom. The third-order valence-corrected chi connectivity index (χ3v) is 2.66. The zero-order valence-electron chi connectivity index (χ0n) is 9.99. The largest absolute Gasteiger partial charge is 0.468 e. The molecule has 0 saturated carbocycles. The van der Waals surface area contributed by atoms with E-state index in [2.05, 4.69) is 35.2 Å². The van der Waals surface area contributed by atoms with Crippen LogP contribution in [0.25, 0.3) is 10.8 Å². The molecule has 0 heterocycles. The summed E-state index contributed by atoms with van der Waals surface area (Å²) in [5.41, 5.74) is 2.15. The molecule has 0 spiro atoms. The minimum atomic E-state index is -0.269. The number of carbonyl (C=O) groups is 1. The summed E-state index contributed by atoms with van der Waals surface area (Å²) in [5, 5.41) is 5.39. The van der Waals surface area contributed by atoms with Gasteiger partial charge in [0.15, 0.2) is 0 Å². The van der Waals surface area contributed by atoms with Crippen molar-refractivity contribution in [2.75, 3.05) is 19.0 Å². The molecule has 0 aliphatic rings. The highest BCUT2D eigenvalue weighted by molar-refractivity contribution is 5.87. The van der Waals surface area contributed by atoms with Gasteiger partial charge in [0.2, 0.25) is 0 Å². The van der Waals surface area contributed by atoms with Crippen LogP contribution >= 0.6 is 0 Å². The number of hydrogen-bond acceptors (Lipinski definition) is 3. The molecule has 1 N–H and O–H groups in total. The Kier molecular flexibility index (Phi) is 3.28. The molecule has 3 heteroatoms. The van der Waals surface area contributed by atoms with Gasteiger partial charge >= 0.3 is 5.97 Å². The number of anilines is 1. The molecule has 0 fully saturated rings. The summed E-state index contributed by atoms with van der Waals surface area (Å²) in [5.74, 6) is -0.269. The molecule has 88 valence electrons. The normalized spacial score (nSPS) is 10.2. The van der Waals surface area contributed by atoms with Crippen LogP contribution in [0.2, 0.25) is 0 Å². The average Bonchev–Trinajstić information content (AvgIpc) is 2.35. The maximum absolute atomic E-state index is 11.0.